The van der Waals surface area contributed by atoms with E-state index in [0.29, 0.717) is 49.6 Å². The van der Waals surface area contributed by atoms with E-state index in [0.717, 1.165) is 11.1 Å². The molecule has 3 aromatic rings. The van der Waals surface area contributed by atoms with Gasteiger partial charge in [-0.3, -0.25) is 24.8 Å². The summed E-state index contributed by atoms with van der Waals surface area (Å²) in [6.07, 6.45) is 3.19. The number of nitrogens with one attached hydrogen (secondary N) is 1. The van der Waals surface area contributed by atoms with Gasteiger partial charge in [-0.1, -0.05) is 12.1 Å². The fourth-order valence-corrected chi connectivity index (χ4v) is 4.20. The van der Waals surface area contributed by atoms with E-state index in [1.165, 1.54) is 6.07 Å². The van der Waals surface area contributed by atoms with Crippen molar-refractivity contribution < 1.29 is 14.5 Å². The normalized spacial score (nSPS) is 15.3. The Balaban J connectivity index is 1.44. The Morgan fingerprint density at radius 1 is 1.15 bits per heavy atom. The molecule has 1 N–H and O–H groups in total. The summed E-state index contributed by atoms with van der Waals surface area (Å²) in [4.78, 5) is 32.3. The van der Waals surface area contributed by atoms with Crippen molar-refractivity contribution in [3.05, 3.63) is 65.0 Å². The lowest BCUT2D eigenvalue weighted by atomic mass is 10.1. The van der Waals surface area contributed by atoms with Crippen molar-refractivity contribution in [2.75, 3.05) is 43.0 Å². The summed E-state index contributed by atoms with van der Waals surface area (Å²) in [7, 11) is 0. The minimum atomic E-state index is -0.379. The molecule has 0 radical (unpaired) electrons. The predicted octanol–water partition coefficient (Wildman–Crippen LogP) is 3.69. The van der Waals surface area contributed by atoms with E-state index in [-0.39, 0.29) is 22.6 Å². The third kappa shape index (κ3) is 4.73. The van der Waals surface area contributed by atoms with Crippen molar-refractivity contribution >= 4 is 33.7 Å². The van der Waals surface area contributed by atoms with Gasteiger partial charge >= 0.3 is 0 Å². The number of benzene rings is 2. The first-order valence-electron chi connectivity index (χ1n) is 11.0. The van der Waals surface area contributed by atoms with Gasteiger partial charge in [-0.25, -0.2) is 0 Å². The molecule has 2 heterocycles. The predicted molar refractivity (Wildman–Crippen MR) is 128 cm³/mol. The van der Waals surface area contributed by atoms with Gasteiger partial charge in [0.2, 0.25) is 5.91 Å². The number of nitrogens with zero attached hydrogens (tertiary/aromatic N) is 4. The van der Waals surface area contributed by atoms with Crippen molar-refractivity contribution in [3.63, 3.8) is 0 Å². The molecule has 1 aliphatic rings. The summed E-state index contributed by atoms with van der Waals surface area (Å²) < 4.78 is 5.60. The lowest BCUT2D eigenvalue weighted by Gasteiger charge is -2.39. The fourth-order valence-electron chi connectivity index (χ4n) is 4.20. The van der Waals surface area contributed by atoms with E-state index in [4.69, 9.17) is 4.74 Å². The first-order valence-corrected chi connectivity index (χ1v) is 11.0. The molecule has 0 bridgehead atoms. The highest BCUT2D eigenvalue weighted by Gasteiger charge is 2.27. The highest BCUT2D eigenvalue weighted by atomic mass is 16.6. The summed E-state index contributed by atoms with van der Waals surface area (Å²) in [6, 6.07) is 12.3. The Kier molecular flexibility index (Phi) is 6.69. The molecule has 1 aliphatic heterocycles. The Labute approximate surface area is 192 Å². The van der Waals surface area contributed by atoms with Gasteiger partial charge in [0.05, 0.1) is 28.6 Å². The van der Waals surface area contributed by atoms with Crippen LogP contribution in [0.2, 0.25) is 0 Å². The number of hydrogen-bond acceptors (Lipinski definition) is 7. The number of amides is 1. The number of nitro groups is 1. The largest absolute Gasteiger partial charge is 0.492 e. The minimum Gasteiger partial charge on any atom is -0.492 e. The van der Waals surface area contributed by atoms with Gasteiger partial charge in [0.25, 0.3) is 5.69 Å². The molecule has 1 amide bonds. The number of piperazine rings is 1. The van der Waals surface area contributed by atoms with Gasteiger partial charge in [-0.15, -0.1) is 0 Å². The Bertz CT molecular complexity index is 1160. The second kappa shape index (κ2) is 9.83. The first kappa shape index (κ1) is 22.5. The summed E-state index contributed by atoms with van der Waals surface area (Å²) in [5.41, 5.74) is 1.67. The number of pyridine rings is 1. The quantitative estimate of drug-likeness (QED) is 0.434. The van der Waals surface area contributed by atoms with Gasteiger partial charge in [0.1, 0.15) is 5.75 Å². The molecular formula is C24H27N5O4. The molecule has 1 atom stereocenters. The molecule has 2 aromatic carbocycles. The van der Waals surface area contributed by atoms with E-state index in [9.17, 15) is 14.9 Å². The number of anilines is 2. The SMILES string of the molecule is CCOc1ccccc1NC(=O)C(C)N1CCN(c2ccc([N+](=O)[O-])c3cnccc23)CC1. The van der Waals surface area contributed by atoms with Crippen LogP contribution in [0.4, 0.5) is 17.1 Å². The van der Waals surface area contributed by atoms with Crippen molar-refractivity contribution in [2.24, 2.45) is 0 Å². The zero-order valence-electron chi connectivity index (χ0n) is 18.7. The molecule has 4 rings (SSSR count). The van der Waals surface area contributed by atoms with Crippen molar-refractivity contribution in [3.8, 4) is 5.75 Å². The van der Waals surface area contributed by atoms with Crippen molar-refractivity contribution in [2.45, 2.75) is 19.9 Å². The van der Waals surface area contributed by atoms with Crippen LogP contribution in [-0.4, -0.2) is 59.5 Å². The van der Waals surface area contributed by atoms with Gasteiger partial charge in [-0.05, 0) is 38.1 Å². The average Bonchev–Trinajstić information content (AvgIpc) is 2.84. The first-order chi connectivity index (χ1) is 16.0. The number of para-hydroxylation sites is 2. The maximum atomic E-state index is 12.9. The average molecular weight is 450 g/mol. The molecule has 1 unspecified atom stereocenters. The summed E-state index contributed by atoms with van der Waals surface area (Å²) >= 11 is 0. The number of hydrogen-bond donors (Lipinski definition) is 1. The van der Waals surface area contributed by atoms with E-state index in [1.807, 2.05) is 44.2 Å². The second-order valence-electron chi connectivity index (χ2n) is 7.90. The van der Waals surface area contributed by atoms with Crippen LogP contribution in [0.1, 0.15) is 13.8 Å². The molecule has 1 aromatic heterocycles. The van der Waals surface area contributed by atoms with Crippen LogP contribution in [-0.2, 0) is 4.79 Å². The number of ether oxygens (including phenoxy) is 1. The monoisotopic (exact) mass is 449 g/mol. The summed E-state index contributed by atoms with van der Waals surface area (Å²) in [5, 5.41) is 15.7. The van der Waals surface area contributed by atoms with Crippen LogP contribution in [0.3, 0.4) is 0 Å². The van der Waals surface area contributed by atoms with Crippen LogP contribution in [0, 0.1) is 10.1 Å². The van der Waals surface area contributed by atoms with Crippen molar-refractivity contribution in [1.29, 1.82) is 0 Å². The third-order valence-corrected chi connectivity index (χ3v) is 6.00. The number of aromatic nitrogens is 1. The molecule has 33 heavy (non-hydrogen) atoms. The summed E-state index contributed by atoms with van der Waals surface area (Å²) in [5.74, 6) is 0.576. The van der Waals surface area contributed by atoms with Crippen LogP contribution >= 0.6 is 0 Å². The standard InChI is InChI=1S/C24H27N5O4/c1-3-33-23-7-5-4-6-20(23)26-24(30)17(2)27-12-14-28(15-13-27)21-8-9-22(29(31)32)19-16-25-11-10-18(19)21/h4-11,16-17H,3,12-15H2,1-2H3,(H,26,30). The number of rotatable bonds is 7. The number of fused-ring (bicyclic) bond motifs is 1. The molecule has 0 aliphatic carbocycles. The Morgan fingerprint density at radius 2 is 1.91 bits per heavy atom. The van der Waals surface area contributed by atoms with Crippen LogP contribution in [0.5, 0.6) is 5.75 Å². The Hall–Kier alpha value is -3.72. The smallest absolute Gasteiger partial charge is 0.278 e. The topological polar surface area (TPSA) is 101 Å². The van der Waals surface area contributed by atoms with E-state index >= 15 is 0 Å². The number of non-ortho nitro benzene ring substituents is 1. The zero-order valence-corrected chi connectivity index (χ0v) is 18.7. The van der Waals surface area contributed by atoms with Gasteiger partial charge in [0, 0.05) is 55.7 Å². The molecule has 1 saturated heterocycles. The van der Waals surface area contributed by atoms with Gasteiger partial charge in [0.15, 0.2) is 0 Å². The highest BCUT2D eigenvalue weighted by molar-refractivity contribution is 5.99. The lowest BCUT2D eigenvalue weighted by Crippen LogP contribution is -2.52. The highest BCUT2D eigenvalue weighted by Crippen LogP contribution is 2.33. The number of carbonyl (C=O) groups is 1. The maximum absolute atomic E-state index is 12.9. The maximum Gasteiger partial charge on any atom is 0.278 e. The lowest BCUT2D eigenvalue weighted by molar-refractivity contribution is -0.383. The zero-order chi connectivity index (χ0) is 23.4. The molecule has 9 heteroatoms. The van der Waals surface area contributed by atoms with Crippen LogP contribution < -0.4 is 15.0 Å². The van der Waals surface area contributed by atoms with Crippen LogP contribution in [0.25, 0.3) is 10.8 Å². The Morgan fingerprint density at radius 3 is 2.64 bits per heavy atom. The van der Waals surface area contributed by atoms with E-state index in [2.05, 4.69) is 20.1 Å². The fraction of sp³-hybridized carbons (Fsp3) is 0.333. The number of carbonyl (C=O) groups excluding carboxylic acids is 1. The number of nitro benzene ring substituents is 1. The molecule has 0 spiro atoms. The molecule has 1 fully saturated rings. The van der Waals surface area contributed by atoms with Crippen molar-refractivity contribution in [1.82, 2.24) is 9.88 Å². The molecular weight excluding hydrogens is 422 g/mol. The van der Waals surface area contributed by atoms with Gasteiger partial charge in [-0.2, -0.15) is 0 Å². The third-order valence-electron chi connectivity index (χ3n) is 6.00. The summed E-state index contributed by atoms with van der Waals surface area (Å²) in [6.45, 7) is 7.16. The molecule has 0 saturated carbocycles. The van der Waals surface area contributed by atoms with E-state index < -0.39 is 0 Å². The minimum absolute atomic E-state index is 0.0538. The van der Waals surface area contributed by atoms with Gasteiger partial charge < -0.3 is 15.0 Å². The van der Waals surface area contributed by atoms with Crippen LogP contribution in [0.15, 0.2) is 54.9 Å². The molecule has 9 nitrogen and oxygen atoms in total. The van der Waals surface area contributed by atoms with E-state index in [1.54, 1.807) is 18.5 Å². The molecule has 172 valence electrons. The second-order valence-corrected chi connectivity index (χ2v) is 7.90.